The van der Waals surface area contributed by atoms with Crippen LogP contribution in [-0.2, 0) is 0 Å². The first-order valence-corrected chi connectivity index (χ1v) is 7.17. The summed E-state index contributed by atoms with van der Waals surface area (Å²) >= 11 is 6.33. The summed E-state index contributed by atoms with van der Waals surface area (Å²) in [6, 6.07) is 5.50. The number of nitrogens with zero attached hydrogens (tertiary/aromatic N) is 2. The van der Waals surface area contributed by atoms with E-state index in [1.807, 2.05) is 30.0 Å². The molecule has 0 saturated carbocycles. The lowest BCUT2D eigenvalue weighted by atomic mass is 10.0. The van der Waals surface area contributed by atoms with Crippen molar-refractivity contribution in [2.24, 2.45) is 5.73 Å². The number of hydrogen-bond donors (Lipinski definition) is 1. The Kier molecular flexibility index (Phi) is 3.52. The van der Waals surface area contributed by atoms with Crippen molar-refractivity contribution in [3.8, 4) is 0 Å². The molecule has 1 aromatic heterocycles. The average Bonchev–Trinajstić information content (AvgIpc) is 2.85. The van der Waals surface area contributed by atoms with E-state index in [-0.39, 0.29) is 6.04 Å². The molecule has 1 saturated heterocycles. The topological polar surface area (TPSA) is 42.1 Å². The van der Waals surface area contributed by atoms with Gasteiger partial charge in [-0.05, 0) is 37.1 Å². The van der Waals surface area contributed by atoms with Crippen LogP contribution in [0.1, 0.15) is 24.9 Å². The van der Waals surface area contributed by atoms with Gasteiger partial charge in [-0.2, -0.15) is 0 Å². The van der Waals surface area contributed by atoms with Crippen LogP contribution in [0.3, 0.4) is 0 Å². The molecular formula is C15H17ClFN3. The molecule has 2 aromatic rings. The minimum Gasteiger partial charge on any atom is -0.366 e. The maximum Gasteiger partial charge on any atom is 0.119 e. The van der Waals surface area contributed by atoms with Gasteiger partial charge < -0.3 is 10.6 Å². The normalized spacial score (nSPS) is 20.6. The summed E-state index contributed by atoms with van der Waals surface area (Å²) in [5.74, 6) is 0. The first-order chi connectivity index (χ1) is 9.58. The second-order valence-corrected chi connectivity index (χ2v) is 5.72. The van der Waals surface area contributed by atoms with Crippen molar-refractivity contribution in [2.75, 3.05) is 18.0 Å². The molecule has 0 spiro atoms. The van der Waals surface area contributed by atoms with Crippen LogP contribution in [0.5, 0.6) is 0 Å². The number of hydrogen-bond acceptors (Lipinski definition) is 3. The molecule has 3 nitrogen and oxygen atoms in total. The molecule has 1 fully saturated rings. The lowest BCUT2D eigenvalue weighted by Gasteiger charge is -2.25. The molecule has 20 heavy (non-hydrogen) atoms. The van der Waals surface area contributed by atoms with Gasteiger partial charge in [0, 0.05) is 30.7 Å². The fraction of sp³-hybridized carbons (Fsp3) is 0.400. The third kappa shape index (κ3) is 2.23. The van der Waals surface area contributed by atoms with Crippen molar-refractivity contribution in [2.45, 2.75) is 25.6 Å². The Morgan fingerprint density at radius 2 is 2.35 bits per heavy atom. The van der Waals surface area contributed by atoms with Crippen molar-refractivity contribution >= 4 is 28.2 Å². The zero-order valence-corrected chi connectivity index (χ0v) is 12.1. The molecule has 106 valence electrons. The molecular weight excluding hydrogens is 277 g/mol. The zero-order chi connectivity index (χ0) is 14.3. The van der Waals surface area contributed by atoms with Crippen LogP contribution in [0, 0.1) is 0 Å². The third-order valence-electron chi connectivity index (χ3n) is 3.78. The van der Waals surface area contributed by atoms with Crippen LogP contribution < -0.4 is 10.6 Å². The van der Waals surface area contributed by atoms with Crippen molar-refractivity contribution in [3.63, 3.8) is 0 Å². The Morgan fingerprint density at radius 1 is 1.55 bits per heavy atom. The van der Waals surface area contributed by atoms with E-state index in [0.717, 1.165) is 22.2 Å². The number of alkyl halides is 1. The first kappa shape index (κ1) is 13.6. The number of pyridine rings is 1. The maximum absolute atomic E-state index is 13.6. The number of halogens is 2. The molecule has 3 rings (SSSR count). The van der Waals surface area contributed by atoms with Crippen LogP contribution in [0.2, 0.25) is 5.02 Å². The monoisotopic (exact) mass is 293 g/mol. The number of rotatable bonds is 2. The predicted molar refractivity (Wildman–Crippen MR) is 81.1 cm³/mol. The summed E-state index contributed by atoms with van der Waals surface area (Å²) in [5.41, 5.74) is 8.73. The number of anilines is 1. The highest BCUT2D eigenvalue weighted by Crippen LogP contribution is 2.38. The van der Waals surface area contributed by atoms with Gasteiger partial charge in [0.05, 0.1) is 16.2 Å². The van der Waals surface area contributed by atoms with E-state index < -0.39 is 6.17 Å². The molecule has 0 radical (unpaired) electrons. The predicted octanol–water partition coefficient (Wildman–Crippen LogP) is 3.46. The van der Waals surface area contributed by atoms with Crippen LogP contribution >= 0.6 is 11.6 Å². The van der Waals surface area contributed by atoms with Gasteiger partial charge in [0.2, 0.25) is 0 Å². The van der Waals surface area contributed by atoms with E-state index in [0.29, 0.717) is 24.5 Å². The summed E-state index contributed by atoms with van der Waals surface area (Å²) in [7, 11) is 0. The summed E-state index contributed by atoms with van der Waals surface area (Å²) in [6.45, 7) is 2.99. The Morgan fingerprint density at radius 3 is 3.00 bits per heavy atom. The number of benzene rings is 1. The highest BCUT2D eigenvalue weighted by atomic mass is 35.5. The summed E-state index contributed by atoms with van der Waals surface area (Å²) in [6.07, 6.45) is 1.50. The Hall–Kier alpha value is -1.39. The standard InChI is InChI=1S/C15H17ClFN3/c1-9(18)12-7-13(16)11-3-2-5-19-14(11)15(12)20-6-4-10(17)8-20/h2-3,5,7,9-10H,4,6,8,18H2,1H3/t9?,10-/m0/s1. The second kappa shape index (κ2) is 5.19. The lowest BCUT2D eigenvalue weighted by Crippen LogP contribution is -2.23. The van der Waals surface area contributed by atoms with E-state index in [1.54, 1.807) is 6.20 Å². The molecule has 0 bridgehead atoms. The van der Waals surface area contributed by atoms with Crippen LogP contribution in [0.25, 0.3) is 10.9 Å². The molecule has 1 unspecified atom stereocenters. The van der Waals surface area contributed by atoms with Gasteiger partial charge in [-0.1, -0.05) is 11.6 Å². The summed E-state index contributed by atoms with van der Waals surface area (Å²) in [5, 5.41) is 1.52. The van der Waals surface area contributed by atoms with Gasteiger partial charge in [0.1, 0.15) is 6.17 Å². The fourth-order valence-corrected chi connectivity index (χ4v) is 3.08. The van der Waals surface area contributed by atoms with Crippen LogP contribution in [0.15, 0.2) is 24.4 Å². The summed E-state index contributed by atoms with van der Waals surface area (Å²) < 4.78 is 13.6. The largest absolute Gasteiger partial charge is 0.366 e. The van der Waals surface area contributed by atoms with Gasteiger partial charge in [0.25, 0.3) is 0 Å². The van der Waals surface area contributed by atoms with Crippen molar-refractivity contribution in [1.82, 2.24) is 4.98 Å². The number of aromatic nitrogens is 1. The fourth-order valence-electron chi connectivity index (χ4n) is 2.81. The highest BCUT2D eigenvalue weighted by molar-refractivity contribution is 6.36. The van der Waals surface area contributed by atoms with E-state index >= 15 is 0 Å². The van der Waals surface area contributed by atoms with Crippen molar-refractivity contribution < 1.29 is 4.39 Å². The van der Waals surface area contributed by atoms with Gasteiger partial charge in [0.15, 0.2) is 0 Å². The first-order valence-electron chi connectivity index (χ1n) is 6.79. The molecule has 0 amide bonds. The summed E-state index contributed by atoms with van der Waals surface area (Å²) in [4.78, 5) is 6.49. The Bertz CT molecular complexity index is 644. The Labute approximate surface area is 122 Å². The SMILES string of the molecule is CC(N)c1cc(Cl)c2cccnc2c1N1CC[C@H](F)C1. The minimum atomic E-state index is -0.787. The van der Waals surface area contributed by atoms with E-state index in [1.165, 1.54) is 0 Å². The van der Waals surface area contributed by atoms with Gasteiger partial charge in [-0.15, -0.1) is 0 Å². The van der Waals surface area contributed by atoms with E-state index in [2.05, 4.69) is 4.98 Å². The molecule has 1 aliphatic heterocycles. The third-order valence-corrected chi connectivity index (χ3v) is 4.10. The van der Waals surface area contributed by atoms with Crippen LogP contribution in [-0.4, -0.2) is 24.2 Å². The second-order valence-electron chi connectivity index (χ2n) is 5.32. The molecule has 2 heterocycles. The quantitative estimate of drug-likeness (QED) is 0.922. The van der Waals surface area contributed by atoms with Crippen LogP contribution in [0.4, 0.5) is 10.1 Å². The lowest BCUT2D eigenvalue weighted by molar-refractivity contribution is 0.364. The Balaban J connectivity index is 2.26. The van der Waals surface area contributed by atoms with Gasteiger partial charge >= 0.3 is 0 Å². The maximum atomic E-state index is 13.6. The molecule has 2 N–H and O–H groups in total. The number of fused-ring (bicyclic) bond motifs is 1. The highest BCUT2D eigenvalue weighted by Gasteiger charge is 2.27. The average molecular weight is 294 g/mol. The molecule has 1 aromatic carbocycles. The molecule has 1 aliphatic rings. The molecule has 2 atom stereocenters. The van der Waals surface area contributed by atoms with Crippen molar-refractivity contribution in [3.05, 3.63) is 35.0 Å². The smallest absolute Gasteiger partial charge is 0.119 e. The van der Waals surface area contributed by atoms with E-state index in [9.17, 15) is 4.39 Å². The van der Waals surface area contributed by atoms with Gasteiger partial charge in [-0.25, -0.2) is 4.39 Å². The minimum absolute atomic E-state index is 0.174. The molecule has 5 heteroatoms. The van der Waals surface area contributed by atoms with Gasteiger partial charge in [-0.3, -0.25) is 4.98 Å². The number of nitrogens with two attached hydrogens (primary N) is 1. The zero-order valence-electron chi connectivity index (χ0n) is 11.3. The van der Waals surface area contributed by atoms with E-state index in [4.69, 9.17) is 17.3 Å². The molecule has 0 aliphatic carbocycles. The van der Waals surface area contributed by atoms with Crippen molar-refractivity contribution in [1.29, 1.82) is 0 Å².